The Morgan fingerprint density at radius 1 is 1.47 bits per heavy atom. The fourth-order valence-electron chi connectivity index (χ4n) is 1.25. The van der Waals surface area contributed by atoms with Gasteiger partial charge in [0.05, 0.1) is 11.6 Å². The molecule has 72 valence electrons. The van der Waals surface area contributed by atoms with Crippen molar-refractivity contribution in [2.24, 2.45) is 0 Å². The highest BCUT2D eigenvalue weighted by atomic mass is 16.2. The minimum Gasteiger partial charge on any atom is -0.272 e. The lowest BCUT2D eigenvalue weighted by molar-refractivity contribution is 0.0960. The van der Waals surface area contributed by atoms with Crippen molar-refractivity contribution in [3.05, 3.63) is 54.1 Å². The lowest BCUT2D eigenvalue weighted by Crippen LogP contribution is -2.09. The molecule has 4 heteroatoms. The van der Waals surface area contributed by atoms with Crippen LogP contribution in [-0.4, -0.2) is 15.5 Å². The van der Waals surface area contributed by atoms with Crippen molar-refractivity contribution in [1.29, 1.82) is 5.26 Å². The Labute approximate surface area is 86.4 Å². The van der Waals surface area contributed by atoms with Gasteiger partial charge in [0.2, 0.25) is 0 Å². The van der Waals surface area contributed by atoms with Gasteiger partial charge in [-0.2, -0.15) is 5.26 Å². The predicted molar refractivity (Wildman–Crippen MR) is 53.1 cm³/mol. The third-order valence-corrected chi connectivity index (χ3v) is 1.98. The summed E-state index contributed by atoms with van der Waals surface area (Å²) in [6.45, 7) is 0. The van der Waals surface area contributed by atoms with Crippen LogP contribution in [0.5, 0.6) is 0 Å². The maximum Gasteiger partial charge on any atom is 0.263 e. The molecular weight excluding hydrogens is 190 g/mol. The average molecular weight is 197 g/mol. The molecule has 1 aromatic heterocycles. The van der Waals surface area contributed by atoms with Crippen LogP contribution in [0.25, 0.3) is 0 Å². The van der Waals surface area contributed by atoms with E-state index in [1.54, 1.807) is 30.5 Å². The topological polar surface area (TPSA) is 58.7 Å². The quantitative estimate of drug-likeness (QED) is 0.695. The molecule has 0 saturated heterocycles. The number of carbonyl (C=O) groups excluding carboxylic acids is 1. The van der Waals surface area contributed by atoms with E-state index in [1.807, 2.05) is 6.07 Å². The van der Waals surface area contributed by atoms with Crippen LogP contribution in [0.2, 0.25) is 0 Å². The van der Waals surface area contributed by atoms with E-state index in [1.165, 1.54) is 17.1 Å². The van der Waals surface area contributed by atoms with E-state index in [0.717, 1.165) is 0 Å². The third kappa shape index (κ3) is 1.76. The number of aromatic nitrogens is 2. The molecule has 0 spiro atoms. The summed E-state index contributed by atoms with van der Waals surface area (Å²) < 4.78 is 1.37. The molecule has 0 fully saturated rings. The first-order valence-corrected chi connectivity index (χ1v) is 4.34. The van der Waals surface area contributed by atoms with Crippen LogP contribution >= 0.6 is 0 Å². The SMILES string of the molecule is N#Cc1cccc(C(=O)n2ccnc2)c1. The molecule has 1 heterocycles. The van der Waals surface area contributed by atoms with Gasteiger partial charge in [0.1, 0.15) is 6.33 Å². The van der Waals surface area contributed by atoms with Gasteiger partial charge >= 0.3 is 0 Å². The van der Waals surface area contributed by atoms with Gasteiger partial charge in [0.25, 0.3) is 5.91 Å². The Morgan fingerprint density at radius 3 is 3.00 bits per heavy atom. The minimum absolute atomic E-state index is 0.190. The first-order chi connectivity index (χ1) is 7.31. The normalized spacial score (nSPS) is 9.53. The third-order valence-electron chi connectivity index (χ3n) is 1.98. The van der Waals surface area contributed by atoms with Gasteiger partial charge in [-0.1, -0.05) is 6.07 Å². The zero-order valence-corrected chi connectivity index (χ0v) is 7.79. The smallest absolute Gasteiger partial charge is 0.263 e. The molecular formula is C11H7N3O. The van der Waals surface area contributed by atoms with Gasteiger partial charge in [0, 0.05) is 18.0 Å². The summed E-state index contributed by atoms with van der Waals surface area (Å²) in [6, 6.07) is 8.56. The molecule has 0 saturated carbocycles. The molecule has 0 N–H and O–H groups in total. The molecule has 0 aliphatic rings. The average Bonchev–Trinajstić information content (AvgIpc) is 2.81. The second-order valence-electron chi connectivity index (χ2n) is 2.97. The zero-order chi connectivity index (χ0) is 10.7. The molecule has 2 aromatic rings. The monoisotopic (exact) mass is 197 g/mol. The minimum atomic E-state index is -0.190. The molecule has 0 unspecified atom stereocenters. The first-order valence-electron chi connectivity index (χ1n) is 4.34. The summed E-state index contributed by atoms with van der Waals surface area (Å²) >= 11 is 0. The van der Waals surface area contributed by atoms with Crippen molar-refractivity contribution in [3.8, 4) is 6.07 Å². The standard InChI is InChI=1S/C11H7N3O/c12-7-9-2-1-3-10(6-9)11(15)14-5-4-13-8-14/h1-6,8H. The number of hydrogen-bond donors (Lipinski definition) is 0. The molecule has 0 aliphatic carbocycles. The van der Waals surface area contributed by atoms with Gasteiger partial charge in [-0.3, -0.25) is 9.36 Å². The Bertz CT molecular complexity index is 523. The molecule has 0 atom stereocenters. The summed E-state index contributed by atoms with van der Waals surface area (Å²) in [7, 11) is 0. The van der Waals surface area contributed by atoms with Gasteiger partial charge in [-0.15, -0.1) is 0 Å². The van der Waals surface area contributed by atoms with Crippen molar-refractivity contribution in [1.82, 2.24) is 9.55 Å². The summed E-state index contributed by atoms with van der Waals surface area (Å²) in [5.74, 6) is -0.190. The van der Waals surface area contributed by atoms with Gasteiger partial charge in [-0.05, 0) is 18.2 Å². The summed E-state index contributed by atoms with van der Waals surface area (Å²) in [6.07, 6.45) is 4.54. The fourth-order valence-corrected chi connectivity index (χ4v) is 1.25. The molecule has 0 amide bonds. The maximum absolute atomic E-state index is 11.8. The number of nitriles is 1. The Hall–Kier alpha value is -2.41. The van der Waals surface area contributed by atoms with Gasteiger partial charge < -0.3 is 0 Å². The number of nitrogens with zero attached hydrogens (tertiary/aromatic N) is 3. The van der Waals surface area contributed by atoms with Gasteiger partial charge in [-0.25, -0.2) is 4.98 Å². The molecule has 2 rings (SSSR count). The lowest BCUT2D eigenvalue weighted by Gasteiger charge is -2.00. The van der Waals surface area contributed by atoms with Crippen molar-refractivity contribution < 1.29 is 4.79 Å². The number of rotatable bonds is 1. The van der Waals surface area contributed by atoms with Crippen molar-refractivity contribution in [2.45, 2.75) is 0 Å². The lowest BCUT2D eigenvalue weighted by atomic mass is 10.1. The number of imidazole rings is 1. The molecule has 4 nitrogen and oxygen atoms in total. The van der Waals surface area contributed by atoms with Crippen LogP contribution in [0, 0.1) is 11.3 Å². The number of hydrogen-bond acceptors (Lipinski definition) is 3. The maximum atomic E-state index is 11.8. The molecule has 0 aliphatic heterocycles. The Morgan fingerprint density at radius 2 is 2.33 bits per heavy atom. The summed E-state index contributed by atoms with van der Waals surface area (Å²) in [5, 5.41) is 8.69. The fraction of sp³-hybridized carbons (Fsp3) is 0. The number of benzene rings is 1. The van der Waals surface area contributed by atoms with E-state index in [0.29, 0.717) is 11.1 Å². The van der Waals surface area contributed by atoms with Crippen molar-refractivity contribution in [2.75, 3.05) is 0 Å². The Balaban J connectivity index is 2.39. The van der Waals surface area contributed by atoms with Gasteiger partial charge in [0.15, 0.2) is 0 Å². The zero-order valence-electron chi connectivity index (χ0n) is 7.79. The largest absolute Gasteiger partial charge is 0.272 e. The van der Waals surface area contributed by atoms with Crippen molar-refractivity contribution in [3.63, 3.8) is 0 Å². The highest BCUT2D eigenvalue weighted by Crippen LogP contribution is 2.06. The Kier molecular flexibility index (Phi) is 2.30. The molecule has 15 heavy (non-hydrogen) atoms. The molecule has 1 aromatic carbocycles. The molecule has 0 bridgehead atoms. The summed E-state index contributed by atoms with van der Waals surface area (Å²) in [4.78, 5) is 15.6. The molecule has 0 radical (unpaired) electrons. The van der Waals surface area contributed by atoms with E-state index < -0.39 is 0 Å². The number of carbonyl (C=O) groups is 1. The van der Waals surface area contributed by atoms with Crippen LogP contribution in [0.1, 0.15) is 15.9 Å². The van der Waals surface area contributed by atoms with Crippen LogP contribution in [0.3, 0.4) is 0 Å². The summed E-state index contributed by atoms with van der Waals surface area (Å²) in [5.41, 5.74) is 0.952. The highest BCUT2D eigenvalue weighted by molar-refractivity contribution is 5.96. The second kappa shape index (κ2) is 3.76. The second-order valence-corrected chi connectivity index (χ2v) is 2.97. The van der Waals surface area contributed by atoms with E-state index in [4.69, 9.17) is 5.26 Å². The van der Waals surface area contributed by atoms with E-state index in [-0.39, 0.29) is 5.91 Å². The van der Waals surface area contributed by atoms with Crippen LogP contribution < -0.4 is 0 Å². The van der Waals surface area contributed by atoms with E-state index in [2.05, 4.69) is 4.98 Å². The van der Waals surface area contributed by atoms with Crippen LogP contribution in [0.15, 0.2) is 43.0 Å². The van der Waals surface area contributed by atoms with Crippen LogP contribution in [-0.2, 0) is 0 Å². The first kappa shape index (κ1) is 9.16. The predicted octanol–water partition coefficient (Wildman–Crippen LogP) is 1.44. The van der Waals surface area contributed by atoms with E-state index in [9.17, 15) is 4.79 Å². The van der Waals surface area contributed by atoms with Crippen LogP contribution in [0.4, 0.5) is 0 Å². The van der Waals surface area contributed by atoms with Crippen molar-refractivity contribution >= 4 is 5.91 Å². The highest BCUT2D eigenvalue weighted by Gasteiger charge is 2.07. The van der Waals surface area contributed by atoms with E-state index >= 15 is 0 Å².